The molecule has 0 radical (unpaired) electrons. The number of piperidine rings is 1. The lowest BCUT2D eigenvalue weighted by molar-refractivity contribution is 0.0904. The second-order valence-electron chi connectivity index (χ2n) is 9.59. The van der Waals surface area contributed by atoms with E-state index in [2.05, 4.69) is 68.4 Å². The SMILES string of the molecule is CC(C)N1CCC(Nc2ccc(C(C)(C)C)c(NC3CCOCC3)c2)CC1. The summed E-state index contributed by atoms with van der Waals surface area (Å²) in [6, 6.07) is 8.68. The summed E-state index contributed by atoms with van der Waals surface area (Å²) < 4.78 is 5.53. The minimum atomic E-state index is 0.134. The van der Waals surface area contributed by atoms with Crippen molar-refractivity contribution in [1.82, 2.24) is 4.90 Å². The molecule has 2 aliphatic rings. The van der Waals surface area contributed by atoms with Crippen LogP contribution in [0.2, 0.25) is 0 Å². The molecule has 2 aliphatic heterocycles. The lowest BCUT2D eigenvalue weighted by Gasteiger charge is -2.35. The van der Waals surface area contributed by atoms with Crippen molar-refractivity contribution in [1.29, 1.82) is 0 Å². The summed E-state index contributed by atoms with van der Waals surface area (Å²) in [4.78, 5) is 2.58. The molecule has 0 aliphatic carbocycles. The summed E-state index contributed by atoms with van der Waals surface area (Å²) in [5, 5.41) is 7.63. The lowest BCUT2D eigenvalue weighted by atomic mass is 9.85. The Kier molecular flexibility index (Phi) is 6.69. The molecule has 4 heteroatoms. The Labute approximate surface area is 166 Å². The molecule has 2 N–H and O–H groups in total. The van der Waals surface area contributed by atoms with Crippen molar-refractivity contribution in [2.75, 3.05) is 36.9 Å². The fraction of sp³-hybridized carbons (Fsp3) is 0.739. The monoisotopic (exact) mass is 373 g/mol. The number of nitrogens with one attached hydrogen (secondary N) is 2. The Morgan fingerprint density at radius 1 is 0.963 bits per heavy atom. The van der Waals surface area contributed by atoms with Gasteiger partial charge in [-0.2, -0.15) is 0 Å². The number of nitrogens with zero attached hydrogens (tertiary/aromatic N) is 1. The number of likely N-dealkylation sites (tertiary alicyclic amines) is 1. The first-order chi connectivity index (χ1) is 12.8. The van der Waals surface area contributed by atoms with Gasteiger partial charge in [-0.1, -0.05) is 26.8 Å². The quantitative estimate of drug-likeness (QED) is 0.773. The van der Waals surface area contributed by atoms with E-state index in [0.717, 1.165) is 26.1 Å². The third-order valence-electron chi connectivity index (χ3n) is 6.04. The Bertz CT molecular complexity index is 594. The van der Waals surface area contributed by atoms with Gasteiger partial charge in [0.1, 0.15) is 0 Å². The third-order valence-corrected chi connectivity index (χ3v) is 6.04. The maximum Gasteiger partial charge on any atom is 0.0485 e. The molecule has 2 saturated heterocycles. The highest BCUT2D eigenvalue weighted by atomic mass is 16.5. The maximum absolute atomic E-state index is 5.53. The highest BCUT2D eigenvalue weighted by Gasteiger charge is 2.23. The molecule has 0 saturated carbocycles. The van der Waals surface area contributed by atoms with Crippen molar-refractivity contribution >= 4 is 11.4 Å². The number of anilines is 2. The van der Waals surface area contributed by atoms with E-state index < -0.39 is 0 Å². The summed E-state index contributed by atoms with van der Waals surface area (Å²) in [6.07, 6.45) is 4.63. The first-order valence-electron chi connectivity index (χ1n) is 10.8. The molecular weight excluding hydrogens is 334 g/mol. The zero-order valence-corrected chi connectivity index (χ0v) is 18.0. The second kappa shape index (κ2) is 8.83. The van der Waals surface area contributed by atoms with Gasteiger partial charge >= 0.3 is 0 Å². The normalized spacial score (nSPS) is 20.8. The molecule has 0 spiro atoms. The zero-order valence-electron chi connectivity index (χ0n) is 18.0. The number of rotatable bonds is 5. The van der Waals surface area contributed by atoms with Gasteiger partial charge < -0.3 is 20.3 Å². The first kappa shape index (κ1) is 20.5. The number of ether oxygens (including phenoxy) is 1. The summed E-state index contributed by atoms with van der Waals surface area (Å²) in [5.41, 5.74) is 4.07. The average Bonchev–Trinajstić information content (AvgIpc) is 2.62. The van der Waals surface area contributed by atoms with Crippen LogP contribution in [0.4, 0.5) is 11.4 Å². The van der Waals surface area contributed by atoms with Crippen molar-refractivity contribution in [3.8, 4) is 0 Å². The van der Waals surface area contributed by atoms with Crippen molar-refractivity contribution in [3.05, 3.63) is 23.8 Å². The van der Waals surface area contributed by atoms with Gasteiger partial charge in [-0.3, -0.25) is 0 Å². The van der Waals surface area contributed by atoms with Crippen LogP contribution in [0, 0.1) is 0 Å². The molecule has 27 heavy (non-hydrogen) atoms. The Hall–Kier alpha value is -1.26. The van der Waals surface area contributed by atoms with Crippen LogP contribution in [0.15, 0.2) is 18.2 Å². The molecule has 2 heterocycles. The minimum Gasteiger partial charge on any atom is -0.382 e. The number of benzene rings is 1. The van der Waals surface area contributed by atoms with Crippen LogP contribution in [-0.4, -0.2) is 49.3 Å². The molecule has 3 rings (SSSR count). The zero-order chi connectivity index (χ0) is 19.4. The van der Waals surface area contributed by atoms with Crippen LogP contribution in [0.3, 0.4) is 0 Å². The van der Waals surface area contributed by atoms with Gasteiger partial charge in [-0.25, -0.2) is 0 Å². The lowest BCUT2D eigenvalue weighted by Crippen LogP contribution is -2.42. The topological polar surface area (TPSA) is 36.5 Å². The molecule has 0 atom stereocenters. The van der Waals surface area contributed by atoms with E-state index in [-0.39, 0.29) is 5.41 Å². The van der Waals surface area contributed by atoms with Crippen LogP contribution in [-0.2, 0) is 10.2 Å². The minimum absolute atomic E-state index is 0.134. The van der Waals surface area contributed by atoms with E-state index in [0.29, 0.717) is 18.1 Å². The van der Waals surface area contributed by atoms with Gasteiger partial charge in [0.25, 0.3) is 0 Å². The van der Waals surface area contributed by atoms with Crippen LogP contribution >= 0.6 is 0 Å². The van der Waals surface area contributed by atoms with Gasteiger partial charge in [0.2, 0.25) is 0 Å². The molecule has 1 aromatic rings. The fourth-order valence-corrected chi connectivity index (χ4v) is 4.27. The number of hydrogen-bond acceptors (Lipinski definition) is 4. The second-order valence-corrected chi connectivity index (χ2v) is 9.59. The van der Waals surface area contributed by atoms with Crippen molar-refractivity contribution in [2.45, 2.75) is 83.8 Å². The van der Waals surface area contributed by atoms with E-state index in [9.17, 15) is 0 Å². The summed E-state index contributed by atoms with van der Waals surface area (Å²) >= 11 is 0. The van der Waals surface area contributed by atoms with E-state index in [1.807, 2.05) is 0 Å². The van der Waals surface area contributed by atoms with Crippen molar-refractivity contribution in [2.24, 2.45) is 0 Å². The molecule has 1 aromatic carbocycles. The third kappa shape index (κ3) is 5.61. The molecule has 0 bridgehead atoms. The van der Waals surface area contributed by atoms with Gasteiger partial charge in [-0.05, 0) is 62.6 Å². The van der Waals surface area contributed by atoms with Crippen molar-refractivity contribution in [3.63, 3.8) is 0 Å². The van der Waals surface area contributed by atoms with E-state index >= 15 is 0 Å². The summed E-state index contributed by atoms with van der Waals surface area (Å²) in [6.45, 7) is 15.6. The molecule has 152 valence electrons. The average molecular weight is 374 g/mol. The van der Waals surface area contributed by atoms with E-state index in [4.69, 9.17) is 4.74 Å². The fourth-order valence-electron chi connectivity index (χ4n) is 4.27. The Balaban J connectivity index is 1.70. The van der Waals surface area contributed by atoms with Gasteiger partial charge in [0, 0.05) is 55.8 Å². The van der Waals surface area contributed by atoms with E-state index in [1.165, 1.54) is 42.9 Å². The highest BCUT2D eigenvalue weighted by molar-refractivity contribution is 5.64. The predicted molar refractivity (Wildman–Crippen MR) is 116 cm³/mol. The summed E-state index contributed by atoms with van der Waals surface area (Å²) in [5.74, 6) is 0. The number of hydrogen-bond donors (Lipinski definition) is 2. The Morgan fingerprint density at radius 2 is 1.59 bits per heavy atom. The van der Waals surface area contributed by atoms with Crippen LogP contribution in [0.5, 0.6) is 0 Å². The Morgan fingerprint density at radius 3 is 2.19 bits per heavy atom. The summed E-state index contributed by atoms with van der Waals surface area (Å²) in [7, 11) is 0. The first-order valence-corrected chi connectivity index (χ1v) is 10.8. The van der Waals surface area contributed by atoms with Crippen molar-refractivity contribution < 1.29 is 4.74 Å². The van der Waals surface area contributed by atoms with E-state index in [1.54, 1.807) is 0 Å². The molecule has 4 nitrogen and oxygen atoms in total. The largest absolute Gasteiger partial charge is 0.382 e. The predicted octanol–water partition coefficient (Wildman–Crippen LogP) is 4.86. The standard InChI is InChI=1S/C23H39N3O/c1-17(2)26-12-8-18(9-13-26)24-20-6-7-21(23(3,4)5)22(16-20)25-19-10-14-27-15-11-19/h6-7,16-19,24-25H,8-15H2,1-5H3. The van der Waals surface area contributed by atoms with Gasteiger partial charge in [0.15, 0.2) is 0 Å². The van der Waals surface area contributed by atoms with Crippen LogP contribution < -0.4 is 10.6 Å². The highest BCUT2D eigenvalue weighted by Crippen LogP contribution is 2.33. The smallest absolute Gasteiger partial charge is 0.0485 e. The molecule has 2 fully saturated rings. The molecular formula is C23H39N3O. The molecule has 0 unspecified atom stereocenters. The van der Waals surface area contributed by atoms with Crippen LogP contribution in [0.25, 0.3) is 0 Å². The van der Waals surface area contributed by atoms with Gasteiger partial charge in [0.05, 0.1) is 0 Å². The maximum atomic E-state index is 5.53. The molecule has 0 aromatic heterocycles. The molecule has 0 amide bonds. The van der Waals surface area contributed by atoms with Crippen LogP contribution in [0.1, 0.15) is 65.9 Å². The van der Waals surface area contributed by atoms with Gasteiger partial charge in [-0.15, -0.1) is 0 Å².